The van der Waals surface area contributed by atoms with Crippen molar-refractivity contribution in [1.29, 1.82) is 0 Å². The lowest BCUT2D eigenvalue weighted by atomic mass is 9.81. The Labute approximate surface area is 155 Å². The molecule has 1 aliphatic carbocycles. The monoisotopic (exact) mass is 359 g/mol. The van der Waals surface area contributed by atoms with Crippen LogP contribution >= 0.6 is 0 Å². The van der Waals surface area contributed by atoms with E-state index >= 15 is 0 Å². The lowest BCUT2D eigenvalue weighted by molar-refractivity contribution is -0.134. The summed E-state index contributed by atoms with van der Waals surface area (Å²) in [5.74, 6) is 0.0514. The molecule has 2 aliphatic rings. The van der Waals surface area contributed by atoms with E-state index in [1.807, 2.05) is 30.3 Å². The highest BCUT2D eigenvalue weighted by Gasteiger charge is 2.41. The minimum Gasteiger partial charge on any atom is -0.447 e. The van der Waals surface area contributed by atoms with Gasteiger partial charge in [-0.05, 0) is 30.7 Å². The summed E-state index contributed by atoms with van der Waals surface area (Å²) in [6.07, 6.45) is 7.24. The van der Waals surface area contributed by atoms with Crippen LogP contribution in [0.2, 0.25) is 0 Å². The van der Waals surface area contributed by atoms with Crippen LogP contribution in [0.15, 0.2) is 30.3 Å². The Hall–Kier alpha value is -1.88. The van der Waals surface area contributed by atoms with Crippen LogP contribution in [0.4, 0.5) is 4.79 Å². The van der Waals surface area contributed by atoms with Crippen LogP contribution in [0.1, 0.15) is 50.5 Å². The molecule has 2 fully saturated rings. The van der Waals surface area contributed by atoms with Crippen LogP contribution in [0.25, 0.3) is 0 Å². The summed E-state index contributed by atoms with van der Waals surface area (Å²) in [6, 6.07) is 9.60. The Kier molecular flexibility index (Phi) is 6.67. The Morgan fingerprint density at radius 2 is 1.92 bits per heavy atom. The summed E-state index contributed by atoms with van der Waals surface area (Å²) in [4.78, 5) is 26.7. The van der Waals surface area contributed by atoms with Crippen LogP contribution in [0.3, 0.4) is 0 Å². The molecule has 1 aliphatic heterocycles. The van der Waals surface area contributed by atoms with Gasteiger partial charge in [0.2, 0.25) is 5.91 Å². The summed E-state index contributed by atoms with van der Waals surface area (Å²) in [5, 5.41) is 9.44. The van der Waals surface area contributed by atoms with E-state index in [0.29, 0.717) is 18.8 Å². The largest absolute Gasteiger partial charge is 0.447 e. The molecule has 5 nitrogen and oxygen atoms in total. The zero-order valence-corrected chi connectivity index (χ0v) is 15.3. The number of carbonyl (C=O) groups is 2. The number of rotatable bonds is 7. The van der Waals surface area contributed by atoms with Gasteiger partial charge in [-0.3, -0.25) is 4.79 Å². The second-order valence-electron chi connectivity index (χ2n) is 7.58. The predicted molar refractivity (Wildman–Crippen MR) is 98.5 cm³/mol. The smallest absolute Gasteiger partial charge is 0.416 e. The fourth-order valence-electron chi connectivity index (χ4n) is 4.29. The van der Waals surface area contributed by atoms with E-state index in [1.54, 1.807) is 0 Å². The molecule has 2 amide bonds. The number of carbonyl (C=O) groups excluding carboxylic acids is 2. The first-order chi connectivity index (χ1) is 12.7. The first-order valence-electron chi connectivity index (χ1n) is 9.83. The van der Waals surface area contributed by atoms with Crippen LogP contribution in [0.5, 0.6) is 0 Å². The second kappa shape index (κ2) is 9.17. The first-order valence-corrected chi connectivity index (χ1v) is 9.83. The van der Waals surface area contributed by atoms with E-state index < -0.39 is 6.09 Å². The van der Waals surface area contributed by atoms with Crippen molar-refractivity contribution >= 4 is 12.0 Å². The molecule has 1 aromatic rings. The van der Waals surface area contributed by atoms with Crippen molar-refractivity contribution in [3.05, 3.63) is 35.9 Å². The van der Waals surface area contributed by atoms with Crippen LogP contribution in [0, 0.1) is 11.8 Å². The SMILES string of the molecule is O=C1OC[C@@H](Cc2ccccc2)N1C(=O)C(CCO)CC1CCCCC1. The van der Waals surface area contributed by atoms with E-state index in [-0.39, 0.29) is 31.1 Å². The number of aliphatic hydroxyl groups excluding tert-OH is 1. The van der Waals surface area contributed by atoms with Crippen LogP contribution in [-0.2, 0) is 16.0 Å². The van der Waals surface area contributed by atoms with E-state index in [4.69, 9.17) is 4.74 Å². The summed E-state index contributed by atoms with van der Waals surface area (Å²) >= 11 is 0. The van der Waals surface area contributed by atoms with Crippen molar-refractivity contribution in [1.82, 2.24) is 4.90 Å². The molecule has 1 heterocycles. The van der Waals surface area contributed by atoms with Gasteiger partial charge >= 0.3 is 6.09 Å². The van der Waals surface area contributed by atoms with Gasteiger partial charge in [0.25, 0.3) is 0 Å². The quantitative estimate of drug-likeness (QED) is 0.808. The maximum Gasteiger partial charge on any atom is 0.416 e. The van der Waals surface area contributed by atoms with Gasteiger partial charge in [0.05, 0.1) is 6.04 Å². The highest BCUT2D eigenvalue weighted by atomic mass is 16.6. The third kappa shape index (κ3) is 4.64. The molecule has 5 heteroatoms. The Morgan fingerprint density at radius 3 is 2.62 bits per heavy atom. The lowest BCUT2D eigenvalue weighted by Gasteiger charge is -2.29. The molecule has 0 aromatic heterocycles. The third-order valence-corrected chi connectivity index (χ3v) is 5.68. The Balaban J connectivity index is 1.69. The molecule has 1 aromatic carbocycles. The first kappa shape index (κ1) is 18.9. The highest BCUT2D eigenvalue weighted by Crippen LogP contribution is 2.32. The molecule has 2 atom stereocenters. The van der Waals surface area contributed by atoms with Gasteiger partial charge in [0.15, 0.2) is 0 Å². The van der Waals surface area contributed by atoms with E-state index in [9.17, 15) is 14.7 Å². The Bertz CT molecular complexity index is 597. The number of hydrogen-bond donors (Lipinski definition) is 1. The molecule has 26 heavy (non-hydrogen) atoms. The number of imide groups is 1. The minimum absolute atomic E-state index is 0.0324. The zero-order chi connectivity index (χ0) is 18.4. The summed E-state index contributed by atoms with van der Waals surface area (Å²) in [6.45, 7) is 0.212. The molecule has 0 radical (unpaired) electrons. The summed E-state index contributed by atoms with van der Waals surface area (Å²) in [7, 11) is 0. The molecule has 1 N–H and O–H groups in total. The average Bonchev–Trinajstić information content (AvgIpc) is 3.02. The van der Waals surface area contributed by atoms with E-state index in [0.717, 1.165) is 24.8 Å². The molecule has 3 rings (SSSR count). The lowest BCUT2D eigenvalue weighted by Crippen LogP contribution is -2.44. The van der Waals surface area contributed by atoms with Crippen molar-refractivity contribution in [3.8, 4) is 0 Å². The maximum absolute atomic E-state index is 13.1. The summed E-state index contributed by atoms with van der Waals surface area (Å²) in [5.41, 5.74) is 1.08. The molecule has 1 unspecified atom stereocenters. The topological polar surface area (TPSA) is 66.8 Å². The van der Waals surface area contributed by atoms with E-state index in [1.165, 1.54) is 24.2 Å². The van der Waals surface area contributed by atoms with Gasteiger partial charge in [0, 0.05) is 12.5 Å². The van der Waals surface area contributed by atoms with Crippen LogP contribution < -0.4 is 0 Å². The van der Waals surface area contributed by atoms with Gasteiger partial charge in [-0.15, -0.1) is 0 Å². The zero-order valence-electron chi connectivity index (χ0n) is 15.3. The maximum atomic E-state index is 13.1. The van der Waals surface area contributed by atoms with E-state index in [2.05, 4.69) is 0 Å². The van der Waals surface area contributed by atoms with Crippen molar-refractivity contribution in [2.24, 2.45) is 11.8 Å². The van der Waals surface area contributed by atoms with Gasteiger partial charge < -0.3 is 9.84 Å². The molecule has 1 saturated carbocycles. The molecule has 0 bridgehead atoms. The number of ether oxygens (including phenoxy) is 1. The minimum atomic E-state index is -0.539. The normalized spacial score (nSPS) is 22.3. The average molecular weight is 359 g/mol. The highest BCUT2D eigenvalue weighted by molar-refractivity contribution is 5.94. The Morgan fingerprint density at radius 1 is 1.19 bits per heavy atom. The molecule has 142 valence electrons. The number of hydrogen-bond acceptors (Lipinski definition) is 4. The van der Waals surface area contributed by atoms with Crippen molar-refractivity contribution in [2.45, 2.75) is 57.4 Å². The number of aliphatic hydroxyl groups is 1. The fraction of sp³-hybridized carbons (Fsp3) is 0.619. The molecule has 0 spiro atoms. The van der Waals surface area contributed by atoms with Crippen LogP contribution in [-0.4, -0.2) is 41.3 Å². The molecular weight excluding hydrogens is 330 g/mol. The van der Waals surface area contributed by atoms with Gasteiger partial charge in [-0.2, -0.15) is 0 Å². The van der Waals surface area contributed by atoms with Crippen molar-refractivity contribution in [3.63, 3.8) is 0 Å². The van der Waals surface area contributed by atoms with Crippen molar-refractivity contribution in [2.75, 3.05) is 13.2 Å². The number of cyclic esters (lactones) is 1. The predicted octanol–water partition coefficient (Wildman–Crippen LogP) is 3.55. The second-order valence-corrected chi connectivity index (χ2v) is 7.58. The summed E-state index contributed by atoms with van der Waals surface area (Å²) < 4.78 is 5.19. The number of benzene rings is 1. The molecular formula is C21H29NO4. The standard InChI is InChI=1S/C21H29NO4/c23-12-11-18(13-16-7-3-1-4-8-16)20(24)22-19(15-26-21(22)25)14-17-9-5-2-6-10-17/h2,5-6,9-10,16,18-19,23H,1,3-4,7-8,11-15H2/t18?,19-/m1/s1. The molecule has 1 saturated heterocycles. The fourth-order valence-corrected chi connectivity index (χ4v) is 4.29. The number of amides is 2. The van der Waals surface area contributed by atoms with Crippen molar-refractivity contribution < 1.29 is 19.4 Å². The van der Waals surface area contributed by atoms with Gasteiger partial charge in [-0.1, -0.05) is 62.4 Å². The van der Waals surface area contributed by atoms with Gasteiger partial charge in [-0.25, -0.2) is 9.69 Å². The van der Waals surface area contributed by atoms with Gasteiger partial charge in [0.1, 0.15) is 6.61 Å². The third-order valence-electron chi connectivity index (χ3n) is 5.68. The number of nitrogens with zero attached hydrogens (tertiary/aromatic N) is 1.